The normalized spacial score (nSPS) is 17.1. The van der Waals surface area contributed by atoms with Crippen LogP contribution in [0.2, 0.25) is 0 Å². The predicted octanol–water partition coefficient (Wildman–Crippen LogP) is 3.71. The van der Waals surface area contributed by atoms with Crippen LogP contribution in [0.5, 0.6) is 0 Å². The van der Waals surface area contributed by atoms with E-state index in [0.717, 1.165) is 25.7 Å². The first kappa shape index (κ1) is 13.0. The maximum atomic E-state index is 13.8. The van der Waals surface area contributed by atoms with Crippen LogP contribution in [0.1, 0.15) is 38.2 Å². The highest BCUT2D eigenvalue weighted by Gasteiger charge is 2.52. The highest BCUT2D eigenvalue weighted by atomic mass is 19.3. The second-order valence-electron chi connectivity index (χ2n) is 4.61. The number of fused-ring (bicyclic) bond motifs is 1. The summed E-state index contributed by atoms with van der Waals surface area (Å²) in [6, 6.07) is 6.15. The molecule has 18 heavy (non-hydrogen) atoms. The van der Waals surface area contributed by atoms with Gasteiger partial charge in [-0.3, -0.25) is 4.79 Å². The van der Waals surface area contributed by atoms with Crippen LogP contribution in [-0.2, 0) is 10.7 Å². The molecule has 0 aromatic heterocycles. The van der Waals surface area contributed by atoms with E-state index < -0.39 is 11.8 Å². The van der Waals surface area contributed by atoms with Gasteiger partial charge in [0.05, 0.1) is 11.3 Å². The first-order valence-corrected chi connectivity index (χ1v) is 6.38. The fourth-order valence-electron chi connectivity index (χ4n) is 2.29. The zero-order valence-corrected chi connectivity index (χ0v) is 10.5. The standard InChI is InChI=1S/C14H17F2NO/c1-2-3-4-7-10-17-12-9-6-5-8-11(12)14(15,16)13(17)18/h5-6,8-9H,2-4,7,10H2,1H3. The second-order valence-corrected chi connectivity index (χ2v) is 4.61. The number of amides is 1. The van der Waals surface area contributed by atoms with E-state index in [0.29, 0.717) is 12.2 Å². The van der Waals surface area contributed by atoms with Crippen LogP contribution in [0.3, 0.4) is 0 Å². The number of alkyl halides is 2. The maximum Gasteiger partial charge on any atom is 0.352 e. The first-order valence-electron chi connectivity index (χ1n) is 6.38. The maximum absolute atomic E-state index is 13.8. The van der Waals surface area contributed by atoms with Crippen LogP contribution in [0.15, 0.2) is 24.3 Å². The smallest absolute Gasteiger partial charge is 0.306 e. The molecule has 0 saturated heterocycles. The molecule has 1 aromatic rings. The summed E-state index contributed by atoms with van der Waals surface area (Å²) in [6.07, 6.45) is 3.89. The Labute approximate surface area is 106 Å². The molecular formula is C14H17F2NO. The van der Waals surface area contributed by atoms with E-state index in [-0.39, 0.29) is 5.56 Å². The van der Waals surface area contributed by atoms with Gasteiger partial charge in [0.1, 0.15) is 0 Å². The monoisotopic (exact) mass is 253 g/mol. The Morgan fingerprint density at radius 1 is 1.17 bits per heavy atom. The number of hydrogen-bond acceptors (Lipinski definition) is 1. The summed E-state index contributed by atoms with van der Waals surface area (Å²) in [6.45, 7) is 2.47. The number of rotatable bonds is 5. The molecule has 0 bridgehead atoms. The fraction of sp³-hybridized carbons (Fsp3) is 0.500. The molecule has 98 valence electrons. The number of unbranched alkanes of at least 4 members (excludes halogenated alkanes) is 3. The molecule has 0 aliphatic carbocycles. The zero-order chi connectivity index (χ0) is 13.2. The third-order valence-corrected chi connectivity index (χ3v) is 3.28. The summed E-state index contributed by atoms with van der Waals surface area (Å²) in [5.74, 6) is -4.44. The Hall–Kier alpha value is -1.45. The first-order chi connectivity index (χ1) is 8.59. The molecule has 2 nitrogen and oxygen atoms in total. The lowest BCUT2D eigenvalue weighted by molar-refractivity contribution is -0.141. The topological polar surface area (TPSA) is 20.3 Å². The molecule has 0 N–H and O–H groups in total. The van der Waals surface area contributed by atoms with Gasteiger partial charge in [0.2, 0.25) is 0 Å². The quantitative estimate of drug-likeness (QED) is 0.733. The number of hydrogen-bond donors (Lipinski definition) is 0. The molecule has 2 rings (SSSR count). The Bertz CT molecular complexity index is 445. The summed E-state index contributed by atoms with van der Waals surface area (Å²) in [5, 5.41) is 0. The van der Waals surface area contributed by atoms with Crippen molar-refractivity contribution in [3.63, 3.8) is 0 Å². The largest absolute Gasteiger partial charge is 0.352 e. The van der Waals surface area contributed by atoms with Crippen molar-refractivity contribution in [3.05, 3.63) is 29.8 Å². The number of benzene rings is 1. The lowest BCUT2D eigenvalue weighted by Crippen LogP contribution is -2.35. The van der Waals surface area contributed by atoms with Crippen molar-refractivity contribution in [1.82, 2.24) is 0 Å². The lowest BCUT2D eigenvalue weighted by atomic mass is 10.1. The molecule has 1 aliphatic rings. The van der Waals surface area contributed by atoms with Crippen molar-refractivity contribution >= 4 is 11.6 Å². The molecule has 4 heteroatoms. The summed E-state index contributed by atoms with van der Waals surface area (Å²) in [4.78, 5) is 13.0. The SMILES string of the molecule is CCCCCCN1C(=O)C(F)(F)c2ccccc21. The predicted molar refractivity (Wildman–Crippen MR) is 66.8 cm³/mol. The molecule has 0 saturated carbocycles. The van der Waals surface area contributed by atoms with E-state index in [1.165, 1.54) is 11.0 Å². The highest BCUT2D eigenvalue weighted by molar-refractivity contribution is 6.05. The number of para-hydroxylation sites is 1. The van der Waals surface area contributed by atoms with Crippen molar-refractivity contribution in [2.75, 3.05) is 11.4 Å². The van der Waals surface area contributed by atoms with Gasteiger partial charge in [-0.2, -0.15) is 8.78 Å². The third kappa shape index (κ3) is 2.11. The zero-order valence-electron chi connectivity index (χ0n) is 10.5. The second kappa shape index (κ2) is 5.04. The molecule has 0 radical (unpaired) electrons. The van der Waals surface area contributed by atoms with Crippen molar-refractivity contribution in [2.45, 2.75) is 38.5 Å². The van der Waals surface area contributed by atoms with Gasteiger partial charge in [-0.05, 0) is 12.5 Å². The van der Waals surface area contributed by atoms with Gasteiger partial charge >= 0.3 is 11.8 Å². The Morgan fingerprint density at radius 3 is 2.61 bits per heavy atom. The Kier molecular flexibility index (Phi) is 3.64. The van der Waals surface area contributed by atoms with Crippen molar-refractivity contribution in [2.24, 2.45) is 0 Å². The van der Waals surface area contributed by atoms with Crippen molar-refractivity contribution < 1.29 is 13.6 Å². The van der Waals surface area contributed by atoms with E-state index in [9.17, 15) is 13.6 Å². The number of halogens is 2. The molecule has 1 aliphatic heterocycles. The minimum atomic E-state index is -3.36. The van der Waals surface area contributed by atoms with Gasteiger partial charge in [-0.15, -0.1) is 0 Å². The van der Waals surface area contributed by atoms with E-state index in [1.807, 2.05) is 0 Å². The van der Waals surface area contributed by atoms with Crippen LogP contribution < -0.4 is 4.90 Å². The van der Waals surface area contributed by atoms with Gasteiger partial charge in [-0.25, -0.2) is 0 Å². The van der Waals surface area contributed by atoms with Crippen LogP contribution in [-0.4, -0.2) is 12.5 Å². The van der Waals surface area contributed by atoms with Gasteiger partial charge in [0, 0.05) is 6.54 Å². The van der Waals surface area contributed by atoms with Crippen LogP contribution >= 0.6 is 0 Å². The summed E-state index contributed by atoms with van der Waals surface area (Å²) in [5.41, 5.74) is 0.203. The number of nitrogens with zero attached hydrogens (tertiary/aromatic N) is 1. The van der Waals surface area contributed by atoms with Gasteiger partial charge in [-0.1, -0.05) is 44.4 Å². The molecule has 0 unspecified atom stereocenters. The molecular weight excluding hydrogens is 236 g/mol. The third-order valence-electron chi connectivity index (χ3n) is 3.28. The van der Waals surface area contributed by atoms with Crippen LogP contribution in [0, 0.1) is 0 Å². The average Bonchev–Trinajstić information content (AvgIpc) is 2.56. The van der Waals surface area contributed by atoms with Crippen molar-refractivity contribution in [3.8, 4) is 0 Å². The van der Waals surface area contributed by atoms with Crippen LogP contribution in [0.4, 0.5) is 14.5 Å². The molecule has 1 aromatic carbocycles. The van der Waals surface area contributed by atoms with E-state index in [2.05, 4.69) is 6.92 Å². The van der Waals surface area contributed by atoms with Crippen LogP contribution in [0.25, 0.3) is 0 Å². The van der Waals surface area contributed by atoms with Gasteiger partial charge < -0.3 is 4.90 Å². The number of anilines is 1. The van der Waals surface area contributed by atoms with E-state index in [1.54, 1.807) is 18.2 Å². The Morgan fingerprint density at radius 2 is 1.89 bits per heavy atom. The van der Waals surface area contributed by atoms with Gasteiger partial charge in [0.15, 0.2) is 0 Å². The molecule has 1 heterocycles. The van der Waals surface area contributed by atoms with E-state index in [4.69, 9.17) is 0 Å². The molecule has 0 atom stereocenters. The molecule has 0 fully saturated rings. The average molecular weight is 253 g/mol. The number of carbonyl (C=O) groups is 1. The minimum absolute atomic E-state index is 0.162. The summed E-state index contributed by atoms with van der Waals surface area (Å²) >= 11 is 0. The summed E-state index contributed by atoms with van der Waals surface area (Å²) in [7, 11) is 0. The highest BCUT2D eigenvalue weighted by Crippen LogP contribution is 2.43. The van der Waals surface area contributed by atoms with Gasteiger partial charge in [0.25, 0.3) is 0 Å². The van der Waals surface area contributed by atoms with Crippen molar-refractivity contribution in [1.29, 1.82) is 0 Å². The number of carbonyl (C=O) groups excluding carboxylic acids is 1. The Balaban J connectivity index is 2.15. The molecule has 1 amide bonds. The lowest BCUT2D eigenvalue weighted by Gasteiger charge is -2.17. The fourth-order valence-corrected chi connectivity index (χ4v) is 2.29. The summed E-state index contributed by atoms with van der Waals surface area (Å²) < 4.78 is 27.5. The molecule has 0 spiro atoms. The minimum Gasteiger partial charge on any atom is -0.306 e. The van der Waals surface area contributed by atoms with E-state index >= 15 is 0 Å².